The molecule has 0 spiro atoms. The molecule has 0 fully saturated rings. The van der Waals surface area contributed by atoms with Crippen LogP contribution in [0.5, 0.6) is 0 Å². The summed E-state index contributed by atoms with van der Waals surface area (Å²) in [5, 5.41) is 5.29. The molecule has 0 bridgehead atoms. The minimum absolute atomic E-state index is 0.278. The molecule has 1 amide bonds. The number of nitrogens with one attached hydrogen (secondary N) is 1. The number of nitrogens with zero attached hydrogens (tertiary/aromatic N) is 1. The Morgan fingerprint density at radius 3 is 2.94 bits per heavy atom. The number of hydrazone groups is 1. The summed E-state index contributed by atoms with van der Waals surface area (Å²) in [4.78, 5) is 12.8. The van der Waals surface area contributed by atoms with E-state index in [1.165, 1.54) is 23.6 Å². The van der Waals surface area contributed by atoms with Crippen LogP contribution in [0.2, 0.25) is 0 Å². The lowest BCUT2D eigenvalue weighted by Crippen LogP contribution is -2.15. The average Bonchev–Trinajstić information content (AvgIpc) is 2.88. The highest BCUT2D eigenvalue weighted by Crippen LogP contribution is 2.19. The predicted octanol–water partition coefficient (Wildman–Crippen LogP) is 3.48. The zero-order valence-electron chi connectivity index (χ0n) is 8.31. The molecule has 0 radical (unpaired) electrons. The molecule has 0 unspecified atom stereocenters. The van der Waals surface area contributed by atoms with Gasteiger partial charge in [-0.25, -0.2) is 5.43 Å². The second-order valence-electron chi connectivity index (χ2n) is 2.97. The summed E-state index contributed by atoms with van der Waals surface area (Å²) in [6.45, 7) is 0. The SMILES string of the molecule is O=C(N/N=C\c1ccc(F)s1)c1cc(Br)cs1. The lowest BCUT2D eigenvalue weighted by Gasteiger charge is -1.93. The van der Waals surface area contributed by atoms with Gasteiger partial charge in [0.15, 0.2) is 5.13 Å². The van der Waals surface area contributed by atoms with Crippen LogP contribution in [0.15, 0.2) is 33.2 Å². The monoisotopic (exact) mass is 332 g/mol. The lowest BCUT2D eigenvalue weighted by atomic mass is 10.4. The minimum atomic E-state index is -0.283. The molecule has 2 aromatic heterocycles. The normalized spacial score (nSPS) is 10.9. The Morgan fingerprint density at radius 2 is 2.35 bits per heavy atom. The number of carbonyl (C=O) groups excluding carboxylic acids is 1. The van der Waals surface area contributed by atoms with Gasteiger partial charge < -0.3 is 0 Å². The molecule has 0 atom stereocenters. The quantitative estimate of drug-likeness (QED) is 0.678. The summed E-state index contributed by atoms with van der Waals surface area (Å²) in [6, 6.07) is 4.65. The van der Waals surface area contributed by atoms with Crippen LogP contribution in [0.1, 0.15) is 14.5 Å². The molecule has 3 nitrogen and oxygen atoms in total. The Kier molecular flexibility index (Phi) is 4.03. The van der Waals surface area contributed by atoms with Crippen molar-refractivity contribution in [2.24, 2.45) is 5.10 Å². The zero-order chi connectivity index (χ0) is 12.3. The number of amides is 1. The second-order valence-corrected chi connectivity index (χ2v) is 5.86. The van der Waals surface area contributed by atoms with Gasteiger partial charge in [-0.2, -0.15) is 9.49 Å². The molecule has 2 aromatic rings. The van der Waals surface area contributed by atoms with Crippen molar-refractivity contribution in [2.75, 3.05) is 0 Å². The van der Waals surface area contributed by atoms with Gasteiger partial charge in [-0.1, -0.05) is 0 Å². The minimum Gasteiger partial charge on any atom is -0.266 e. The maximum absolute atomic E-state index is 12.6. The van der Waals surface area contributed by atoms with Gasteiger partial charge >= 0.3 is 0 Å². The Hall–Kier alpha value is -1.05. The first-order chi connectivity index (χ1) is 8.15. The Morgan fingerprint density at radius 1 is 1.53 bits per heavy atom. The van der Waals surface area contributed by atoms with E-state index >= 15 is 0 Å². The summed E-state index contributed by atoms with van der Waals surface area (Å²) >= 11 is 5.55. The van der Waals surface area contributed by atoms with Crippen LogP contribution in [0.4, 0.5) is 4.39 Å². The van der Waals surface area contributed by atoms with Crippen LogP contribution >= 0.6 is 38.6 Å². The molecule has 0 aromatic carbocycles. The van der Waals surface area contributed by atoms with Gasteiger partial charge in [0.1, 0.15) is 0 Å². The largest absolute Gasteiger partial charge is 0.281 e. The number of hydrogen-bond donors (Lipinski definition) is 1. The maximum atomic E-state index is 12.6. The highest BCUT2D eigenvalue weighted by molar-refractivity contribution is 9.10. The average molecular weight is 333 g/mol. The van der Waals surface area contributed by atoms with E-state index in [-0.39, 0.29) is 11.0 Å². The summed E-state index contributed by atoms with van der Waals surface area (Å²) < 4.78 is 13.5. The van der Waals surface area contributed by atoms with Gasteiger partial charge in [0.25, 0.3) is 5.91 Å². The highest BCUT2D eigenvalue weighted by atomic mass is 79.9. The van der Waals surface area contributed by atoms with E-state index in [4.69, 9.17) is 0 Å². The summed E-state index contributed by atoms with van der Waals surface area (Å²) in [7, 11) is 0. The van der Waals surface area contributed by atoms with Gasteiger partial charge in [-0.15, -0.1) is 22.7 Å². The van der Waals surface area contributed by atoms with Crippen LogP contribution in [0, 0.1) is 5.13 Å². The fraction of sp³-hybridized carbons (Fsp3) is 0. The van der Waals surface area contributed by atoms with Crippen molar-refractivity contribution in [2.45, 2.75) is 0 Å². The number of thiophene rings is 2. The van der Waals surface area contributed by atoms with E-state index in [2.05, 4.69) is 26.5 Å². The molecule has 2 rings (SSSR count). The third-order valence-corrected chi connectivity index (χ3v) is 4.24. The summed E-state index contributed by atoms with van der Waals surface area (Å²) in [5.41, 5.74) is 2.37. The zero-order valence-corrected chi connectivity index (χ0v) is 11.5. The topological polar surface area (TPSA) is 41.5 Å². The third kappa shape index (κ3) is 3.45. The number of rotatable bonds is 3. The first-order valence-corrected chi connectivity index (χ1v) is 6.97. The number of halogens is 2. The summed E-state index contributed by atoms with van der Waals surface area (Å²) in [5.74, 6) is -0.283. The second kappa shape index (κ2) is 5.52. The van der Waals surface area contributed by atoms with Gasteiger partial charge in [-0.3, -0.25) is 4.79 Å². The molecular weight excluding hydrogens is 327 g/mol. The van der Waals surface area contributed by atoms with E-state index < -0.39 is 0 Å². The fourth-order valence-electron chi connectivity index (χ4n) is 1.04. The molecular formula is C10H6BrFN2OS2. The Bertz CT molecular complexity index is 564. The van der Waals surface area contributed by atoms with Gasteiger partial charge in [0.05, 0.1) is 16.0 Å². The summed E-state index contributed by atoms with van der Waals surface area (Å²) in [6.07, 6.45) is 1.41. The molecule has 17 heavy (non-hydrogen) atoms. The van der Waals surface area contributed by atoms with E-state index in [0.717, 1.165) is 15.8 Å². The van der Waals surface area contributed by atoms with Crippen molar-refractivity contribution >= 4 is 50.7 Å². The fourth-order valence-corrected chi connectivity index (χ4v) is 2.96. The molecule has 0 saturated carbocycles. The first kappa shape index (κ1) is 12.4. The van der Waals surface area contributed by atoms with Crippen molar-refractivity contribution in [3.05, 3.63) is 42.9 Å². The van der Waals surface area contributed by atoms with Crippen molar-refractivity contribution in [3.8, 4) is 0 Å². The molecule has 0 aliphatic carbocycles. The van der Waals surface area contributed by atoms with Crippen molar-refractivity contribution < 1.29 is 9.18 Å². The van der Waals surface area contributed by atoms with E-state index in [9.17, 15) is 9.18 Å². The maximum Gasteiger partial charge on any atom is 0.281 e. The molecule has 2 heterocycles. The van der Waals surface area contributed by atoms with Crippen LogP contribution in [-0.2, 0) is 0 Å². The van der Waals surface area contributed by atoms with Gasteiger partial charge in [-0.05, 0) is 34.1 Å². The molecule has 7 heteroatoms. The highest BCUT2D eigenvalue weighted by Gasteiger charge is 2.06. The van der Waals surface area contributed by atoms with E-state index in [0.29, 0.717) is 9.75 Å². The predicted molar refractivity (Wildman–Crippen MR) is 71.4 cm³/mol. The third-order valence-electron chi connectivity index (χ3n) is 1.74. The molecule has 0 aliphatic heterocycles. The molecule has 0 aliphatic rings. The van der Waals surface area contributed by atoms with Crippen LogP contribution in [0.25, 0.3) is 0 Å². The number of hydrogen-bond acceptors (Lipinski definition) is 4. The van der Waals surface area contributed by atoms with Crippen LogP contribution in [-0.4, -0.2) is 12.1 Å². The van der Waals surface area contributed by atoms with E-state index in [1.807, 2.05) is 5.38 Å². The van der Waals surface area contributed by atoms with Gasteiger partial charge in [0, 0.05) is 9.85 Å². The lowest BCUT2D eigenvalue weighted by molar-refractivity contribution is 0.0959. The molecule has 88 valence electrons. The first-order valence-electron chi connectivity index (χ1n) is 4.48. The van der Waals surface area contributed by atoms with Crippen LogP contribution < -0.4 is 5.43 Å². The van der Waals surface area contributed by atoms with Crippen molar-refractivity contribution in [1.29, 1.82) is 0 Å². The van der Waals surface area contributed by atoms with Gasteiger partial charge in [0.2, 0.25) is 0 Å². The Labute approximate surface area is 113 Å². The van der Waals surface area contributed by atoms with Crippen LogP contribution in [0.3, 0.4) is 0 Å². The van der Waals surface area contributed by atoms with E-state index in [1.54, 1.807) is 12.1 Å². The molecule has 1 N–H and O–H groups in total. The smallest absolute Gasteiger partial charge is 0.266 e. The number of carbonyl (C=O) groups is 1. The standard InChI is InChI=1S/C10H6BrFN2OS2/c11-6-3-8(16-5-6)10(15)14-13-4-7-1-2-9(12)17-7/h1-5H,(H,14,15)/b13-4-. The van der Waals surface area contributed by atoms with Crippen molar-refractivity contribution in [3.63, 3.8) is 0 Å². The Balaban J connectivity index is 1.94. The molecule has 0 saturated heterocycles. The van der Waals surface area contributed by atoms with Crippen molar-refractivity contribution in [1.82, 2.24) is 5.43 Å².